The van der Waals surface area contributed by atoms with Crippen molar-refractivity contribution in [1.82, 2.24) is 14.8 Å². The lowest BCUT2D eigenvalue weighted by molar-refractivity contribution is -0.387. The van der Waals surface area contributed by atoms with Crippen LogP contribution in [0.5, 0.6) is 0 Å². The van der Waals surface area contributed by atoms with E-state index in [-0.39, 0.29) is 32.5 Å². The van der Waals surface area contributed by atoms with E-state index in [1.165, 1.54) is 24.5 Å². The number of amides is 1. The molecule has 1 unspecified atom stereocenters. The van der Waals surface area contributed by atoms with Crippen molar-refractivity contribution in [2.45, 2.75) is 16.2 Å². The van der Waals surface area contributed by atoms with Crippen LogP contribution in [0.15, 0.2) is 83.1 Å². The topological polar surface area (TPSA) is 172 Å². The number of ether oxygens (including phenoxy) is 1. The summed E-state index contributed by atoms with van der Waals surface area (Å²) < 4.78 is 7.08. The fourth-order valence-corrected chi connectivity index (χ4v) is 4.40. The molecule has 39 heavy (non-hydrogen) atoms. The number of nitro benzene ring substituents is 2. The summed E-state index contributed by atoms with van der Waals surface area (Å²) >= 11 is 7.08. The summed E-state index contributed by atoms with van der Waals surface area (Å²) in [5.41, 5.74) is -0.427. The third-order valence-corrected chi connectivity index (χ3v) is 6.68. The van der Waals surface area contributed by atoms with Crippen LogP contribution in [0.3, 0.4) is 0 Å². The first-order chi connectivity index (χ1) is 18.6. The highest BCUT2D eigenvalue weighted by Gasteiger charge is 2.28. The number of carbonyl (C=O) groups is 2. The number of hydrogen-bond acceptors (Lipinski definition) is 10. The number of nitrogens with zero attached hydrogens (tertiary/aromatic N) is 5. The molecular weight excluding hydrogens is 552 g/mol. The van der Waals surface area contributed by atoms with Crippen LogP contribution in [0.4, 0.5) is 17.1 Å². The molecule has 0 saturated heterocycles. The molecule has 1 amide bonds. The van der Waals surface area contributed by atoms with Crippen LogP contribution >= 0.6 is 23.4 Å². The molecule has 0 aliphatic carbocycles. The summed E-state index contributed by atoms with van der Waals surface area (Å²) in [5.74, 6) is -1.79. The lowest BCUT2D eigenvalue weighted by atomic mass is 10.1. The first-order valence-corrected chi connectivity index (χ1v) is 12.1. The van der Waals surface area contributed by atoms with Gasteiger partial charge < -0.3 is 14.6 Å². The van der Waals surface area contributed by atoms with Gasteiger partial charge in [0.25, 0.3) is 17.3 Å². The molecule has 198 valence electrons. The van der Waals surface area contributed by atoms with E-state index in [1.807, 2.05) is 0 Å². The lowest BCUT2D eigenvalue weighted by Gasteiger charge is -2.18. The van der Waals surface area contributed by atoms with Gasteiger partial charge in [0.15, 0.2) is 5.16 Å². The maximum absolute atomic E-state index is 13.2. The van der Waals surface area contributed by atoms with Crippen LogP contribution in [0.1, 0.15) is 22.0 Å². The predicted molar refractivity (Wildman–Crippen MR) is 140 cm³/mol. The van der Waals surface area contributed by atoms with Crippen LogP contribution in [-0.4, -0.2) is 36.5 Å². The maximum Gasteiger partial charge on any atom is 0.339 e. The van der Waals surface area contributed by atoms with Gasteiger partial charge in [-0.3, -0.25) is 25.0 Å². The normalized spacial score (nSPS) is 11.4. The molecule has 1 atom stereocenters. The van der Waals surface area contributed by atoms with E-state index in [0.717, 1.165) is 30.0 Å². The Hall–Kier alpha value is -4.82. The van der Waals surface area contributed by atoms with Crippen molar-refractivity contribution in [2.24, 2.45) is 7.05 Å². The van der Waals surface area contributed by atoms with Gasteiger partial charge in [-0.2, -0.15) is 0 Å². The van der Waals surface area contributed by atoms with Gasteiger partial charge >= 0.3 is 5.97 Å². The molecular formula is C24H17ClN6O7S. The number of carbonyl (C=O) groups excluding carboxylic acids is 2. The van der Waals surface area contributed by atoms with Crippen molar-refractivity contribution in [3.05, 3.63) is 109 Å². The minimum atomic E-state index is -1.48. The van der Waals surface area contributed by atoms with E-state index in [0.29, 0.717) is 10.7 Å². The Bertz CT molecular complexity index is 1580. The van der Waals surface area contributed by atoms with Crippen molar-refractivity contribution in [3.8, 4) is 0 Å². The minimum Gasteiger partial charge on any atom is -0.444 e. The first-order valence-electron chi connectivity index (χ1n) is 10.9. The Morgan fingerprint density at radius 1 is 1.05 bits per heavy atom. The molecule has 1 N–H and O–H groups in total. The van der Waals surface area contributed by atoms with Gasteiger partial charge in [-0.15, -0.1) is 10.2 Å². The number of nitro groups is 2. The Kier molecular flexibility index (Phi) is 8.17. The zero-order valence-electron chi connectivity index (χ0n) is 19.9. The molecule has 0 radical (unpaired) electrons. The number of benzene rings is 3. The molecule has 13 nitrogen and oxygen atoms in total. The summed E-state index contributed by atoms with van der Waals surface area (Å²) in [6, 6.07) is 15.3. The average molecular weight is 569 g/mol. The molecule has 0 saturated carbocycles. The summed E-state index contributed by atoms with van der Waals surface area (Å²) in [5, 5.41) is 33.1. The summed E-state index contributed by atoms with van der Waals surface area (Å²) in [7, 11) is 1.68. The van der Waals surface area contributed by atoms with Gasteiger partial charge in [0.2, 0.25) is 6.10 Å². The quantitative estimate of drug-likeness (QED) is 0.165. The largest absolute Gasteiger partial charge is 0.444 e. The Morgan fingerprint density at radius 3 is 2.41 bits per heavy atom. The maximum atomic E-state index is 13.2. The highest BCUT2D eigenvalue weighted by atomic mass is 35.5. The van der Waals surface area contributed by atoms with E-state index in [1.54, 1.807) is 41.9 Å². The lowest BCUT2D eigenvalue weighted by Crippen LogP contribution is -2.26. The number of aryl methyl sites for hydroxylation is 1. The highest BCUT2D eigenvalue weighted by Crippen LogP contribution is 2.35. The molecule has 15 heteroatoms. The molecule has 0 aliphatic rings. The van der Waals surface area contributed by atoms with Gasteiger partial charge in [0.05, 0.1) is 31.0 Å². The van der Waals surface area contributed by atoms with Gasteiger partial charge in [-0.1, -0.05) is 41.9 Å². The number of anilines is 1. The molecule has 0 aliphatic heterocycles. The summed E-state index contributed by atoms with van der Waals surface area (Å²) in [6.07, 6.45) is -0.0323. The number of nitrogens with one attached hydrogen (secondary N) is 1. The standard InChI is InChI=1S/C24H17ClN6O7S/c1-29-13-26-28-24(29)39-20-10-7-15(11-19(20)31(36)37)23(33)38-21(14-5-3-2-4-6-14)22(32)27-18-9-8-16(30(34)35)12-17(18)25/h2-13,21H,1H3,(H,27,32). The number of hydrogen-bond donors (Lipinski definition) is 1. The average Bonchev–Trinajstić information content (AvgIpc) is 3.32. The van der Waals surface area contributed by atoms with Crippen molar-refractivity contribution in [1.29, 1.82) is 0 Å². The zero-order valence-corrected chi connectivity index (χ0v) is 21.5. The second-order valence-corrected chi connectivity index (χ2v) is 9.29. The van der Waals surface area contributed by atoms with E-state index in [9.17, 15) is 29.8 Å². The number of rotatable bonds is 9. The second kappa shape index (κ2) is 11.7. The van der Waals surface area contributed by atoms with Crippen LogP contribution in [0, 0.1) is 20.2 Å². The third-order valence-electron chi connectivity index (χ3n) is 5.25. The van der Waals surface area contributed by atoms with Gasteiger partial charge in [0.1, 0.15) is 6.33 Å². The van der Waals surface area contributed by atoms with Crippen molar-refractivity contribution in [3.63, 3.8) is 0 Å². The third kappa shape index (κ3) is 6.37. The van der Waals surface area contributed by atoms with E-state index in [4.69, 9.17) is 16.3 Å². The number of aromatic nitrogens is 3. The Morgan fingerprint density at radius 2 is 1.79 bits per heavy atom. The SMILES string of the molecule is Cn1cnnc1Sc1ccc(C(=O)OC(C(=O)Nc2ccc([N+](=O)[O-])cc2Cl)c2ccccc2)cc1[N+](=O)[O-]. The number of esters is 1. The van der Waals surface area contributed by atoms with Crippen LogP contribution < -0.4 is 5.32 Å². The molecule has 0 spiro atoms. The van der Waals surface area contributed by atoms with Crippen LogP contribution in [0.2, 0.25) is 5.02 Å². The van der Waals surface area contributed by atoms with E-state index >= 15 is 0 Å². The zero-order chi connectivity index (χ0) is 28.1. The van der Waals surface area contributed by atoms with Crippen LogP contribution in [-0.2, 0) is 16.6 Å². The fourth-order valence-electron chi connectivity index (χ4n) is 3.33. The molecule has 1 aromatic heterocycles. The van der Waals surface area contributed by atoms with E-state index in [2.05, 4.69) is 15.5 Å². The summed E-state index contributed by atoms with van der Waals surface area (Å²) in [6.45, 7) is 0. The minimum absolute atomic E-state index is 0.0602. The van der Waals surface area contributed by atoms with E-state index < -0.39 is 27.8 Å². The molecule has 0 bridgehead atoms. The van der Waals surface area contributed by atoms with Crippen molar-refractivity contribution in [2.75, 3.05) is 5.32 Å². The number of halogens is 1. The fraction of sp³-hybridized carbons (Fsp3) is 0.0833. The monoisotopic (exact) mass is 568 g/mol. The van der Waals surface area contributed by atoms with Crippen molar-refractivity contribution >= 4 is 52.3 Å². The van der Waals surface area contributed by atoms with Gasteiger partial charge in [-0.05, 0) is 30.0 Å². The van der Waals surface area contributed by atoms with Gasteiger partial charge in [-0.25, -0.2) is 4.79 Å². The predicted octanol–water partition coefficient (Wildman–Crippen LogP) is 4.97. The molecule has 4 rings (SSSR count). The molecule has 4 aromatic rings. The Labute approximate surface area is 229 Å². The molecule has 0 fully saturated rings. The summed E-state index contributed by atoms with van der Waals surface area (Å²) in [4.78, 5) is 47.9. The second-order valence-electron chi connectivity index (χ2n) is 7.87. The number of non-ortho nitro benzene ring substituents is 1. The van der Waals surface area contributed by atoms with Crippen molar-refractivity contribution < 1.29 is 24.2 Å². The molecule has 3 aromatic carbocycles. The van der Waals surface area contributed by atoms with Crippen LogP contribution in [0.25, 0.3) is 0 Å². The Balaban J connectivity index is 1.60. The molecule has 1 heterocycles. The highest BCUT2D eigenvalue weighted by molar-refractivity contribution is 7.99. The smallest absolute Gasteiger partial charge is 0.339 e. The van der Waals surface area contributed by atoms with Gasteiger partial charge in [0, 0.05) is 30.8 Å². The first kappa shape index (κ1) is 27.2.